The third kappa shape index (κ3) is 66.8. The first kappa shape index (κ1) is 80.4. The fourth-order valence-corrected chi connectivity index (χ4v) is 9.22. The molecule has 9 nitrogen and oxygen atoms in total. The molecule has 0 aliphatic carbocycles. The van der Waals surface area contributed by atoms with Crippen molar-refractivity contribution < 1.29 is 42.9 Å². The number of quaternary nitrogens is 1. The maximum Gasteiger partial charge on any atom is 0.361 e. The number of carboxylic acid groups (broad SMARTS) is 1. The van der Waals surface area contributed by atoms with Crippen LogP contribution in [0.3, 0.4) is 0 Å². The molecule has 0 aromatic rings. The molecule has 2 atom stereocenters. The van der Waals surface area contributed by atoms with Crippen LogP contribution in [-0.4, -0.2) is 87.4 Å². The summed E-state index contributed by atoms with van der Waals surface area (Å²) in [5.74, 6) is -2.02. The molecule has 2 unspecified atom stereocenters. The van der Waals surface area contributed by atoms with E-state index >= 15 is 0 Å². The molecule has 9 heteroatoms. The molecule has 0 spiro atoms. The van der Waals surface area contributed by atoms with Crippen molar-refractivity contribution in [1.82, 2.24) is 0 Å². The molecule has 0 saturated carbocycles. The number of ether oxygens (including phenoxy) is 4. The Morgan fingerprint density at radius 1 is 0.353 bits per heavy atom. The highest BCUT2D eigenvalue weighted by Gasteiger charge is 2.25. The summed E-state index contributed by atoms with van der Waals surface area (Å²) in [6.45, 7) is 4.65. The van der Waals surface area contributed by atoms with Crippen molar-refractivity contribution in [3.63, 3.8) is 0 Å². The number of rotatable bonds is 62. The Balaban J connectivity index is 4.17. The van der Waals surface area contributed by atoms with Crippen LogP contribution in [0, 0.1) is 0 Å². The Morgan fingerprint density at radius 3 is 0.941 bits per heavy atom. The van der Waals surface area contributed by atoms with Gasteiger partial charge in [-0.25, -0.2) is 4.79 Å². The van der Waals surface area contributed by atoms with Crippen LogP contribution < -0.4 is 0 Å². The lowest BCUT2D eigenvalue weighted by Crippen LogP contribution is -2.40. The number of esters is 2. The van der Waals surface area contributed by atoms with Crippen LogP contribution in [0.2, 0.25) is 0 Å². The van der Waals surface area contributed by atoms with Gasteiger partial charge in [0.05, 0.1) is 34.4 Å². The van der Waals surface area contributed by atoms with Crippen LogP contribution in [0.5, 0.6) is 0 Å². The van der Waals surface area contributed by atoms with Gasteiger partial charge in [0.15, 0.2) is 6.10 Å². The number of carbonyl (C=O) groups excluding carboxylic acids is 2. The third-order valence-electron chi connectivity index (χ3n) is 14.4. The topological polar surface area (TPSA) is 108 Å². The van der Waals surface area contributed by atoms with E-state index in [1.54, 1.807) is 0 Å². The lowest BCUT2D eigenvalue weighted by Gasteiger charge is -2.25. The van der Waals surface area contributed by atoms with E-state index in [1.165, 1.54) is 122 Å². The Bertz CT molecular complexity index is 1860. The molecule has 0 aliphatic heterocycles. The van der Waals surface area contributed by atoms with Gasteiger partial charge in [0.1, 0.15) is 13.2 Å². The number of nitrogens with zero attached hydrogens (tertiary/aromatic N) is 1. The maximum atomic E-state index is 12.9. The molecule has 0 heterocycles. The van der Waals surface area contributed by atoms with Gasteiger partial charge in [0, 0.05) is 12.8 Å². The number of unbranched alkanes of at least 4 members (excludes halogenated alkanes) is 25. The molecular weight excluding hydrogens is 1050 g/mol. The van der Waals surface area contributed by atoms with Crippen LogP contribution in [-0.2, 0) is 33.3 Å². The van der Waals surface area contributed by atoms with E-state index in [9.17, 15) is 19.5 Å². The second-order valence-corrected chi connectivity index (χ2v) is 23.7. The Hall–Kier alpha value is -4.57. The van der Waals surface area contributed by atoms with E-state index in [-0.39, 0.29) is 32.2 Å². The lowest BCUT2D eigenvalue weighted by molar-refractivity contribution is -0.870. The molecule has 0 aliphatic rings. The number of allylic oxidation sites excluding steroid dienone is 22. The van der Waals surface area contributed by atoms with Crippen LogP contribution in [0.15, 0.2) is 134 Å². The predicted molar refractivity (Wildman–Crippen MR) is 364 cm³/mol. The van der Waals surface area contributed by atoms with Gasteiger partial charge in [-0.3, -0.25) is 9.59 Å². The predicted octanol–water partition coefficient (Wildman–Crippen LogP) is 21.4. The summed E-state index contributed by atoms with van der Waals surface area (Å²) in [6, 6.07) is 0. The number of carbonyl (C=O) groups is 3. The van der Waals surface area contributed by atoms with Crippen molar-refractivity contribution in [3.05, 3.63) is 134 Å². The van der Waals surface area contributed by atoms with Gasteiger partial charge >= 0.3 is 17.9 Å². The monoisotopic (exact) mass is 1180 g/mol. The standard InChI is InChI=1S/C76H127NO8/c1-6-8-10-12-14-16-18-20-22-24-26-28-30-32-34-36-37-39-40-42-44-46-48-50-52-54-56-58-60-62-64-66-73(78)83-70-72(71-84-76(75(80)81)82-69-68-77(3,4)5)85-74(79)67-65-63-61-59-57-55-53-51-49-47-45-43-41-38-35-33-31-29-27-25-23-21-19-17-15-13-11-9-7-2/h8-11,14-17,20-23,26-29,33,35,41,43,47,49,72,76H,6-7,12-13,18-19,24-25,30-32,34,36-40,42,44-46,48,50-71H2,1-5H3/p+1/b10-8-,11-9-,16-14-,17-15-,22-20-,23-21-,28-26-,29-27-,35-33-,43-41-,49-47-. The zero-order valence-corrected chi connectivity index (χ0v) is 55.2. The first-order valence-electron chi connectivity index (χ1n) is 34.3. The minimum atomic E-state index is -1.52. The molecule has 0 saturated heterocycles. The summed E-state index contributed by atoms with van der Waals surface area (Å²) < 4.78 is 23.0. The normalized spacial score (nSPS) is 13.6. The number of hydrogen-bond donors (Lipinski definition) is 1. The van der Waals surface area contributed by atoms with Gasteiger partial charge in [0.25, 0.3) is 6.29 Å². The fraction of sp³-hybridized carbons (Fsp3) is 0.671. The summed E-state index contributed by atoms with van der Waals surface area (Å²) in [7, 11) is 5.97. The second-order valence-electron chi connectivity index (χ2n) is 23.7. The van der Waals surface area contributed by atoms with E-state index in [0.717, 1.165) is 116 Å². The summed E-state index contributed by atoms with van der Waals surface area (Å²) in [5.41, 5.74) is 0. The Kier molecular flexibility index (Phi) is 61.9. The molecule has 0 radical (unpaired) electrons. The van der Waals surface area contributed by atoms with Crippen LogP contribution in [0.25, 0.3) is 0 Å². The molecule has 0 aromatic carbocycles. The smallest absolute Gasteiger partial charge is 0.361 e. The molecule has 85 heavy (non-hydrogen) atoms. The van der Waals surface area contributed by atoms with Crippen molar-refractivity contribution in [2.24, 2.45) is 0 Å². The maximum absolute atomic E-state index is 12.9. The highest BCUT2D eigenvalue weighted by molar-refractivity contribution is 5.71. The molecule has 0 bridgehead atoms. The highest BCUT2D eigenvalue weighted by Crippen LogP contribution is 2.17. The van der Waals surface area contributed by atoms with Gasteiger partial charge in [-0.15, -0.1) is 0 Å². The average molecular weight is 1180 g/mol. The van der Waals surface area contributed by atoms with E-state index < -0.39 is 24.3 Å². The molecule has 1 N–H and O–H groups in total. The van der Waals surface area contributed by atoms with Gasteiger partial charge in [-0.1, -0.05) is 282 Å². The summed E-state index contributed by atoms with van der Waals surface area (Å²) in [5, 5.41) is 9.75. The average Bonchev–Trinajstić information content (AvgIpc) is 3.48. The zero-order valence-electron chi connectivity index (χ0n) is 55.2. The second kappa shape index (κ2) is 65.4. The van der Waals surface area contributed by atoms with E-state index in [0.29, 0.717) is 23.9 Å². The zero-order chi connectivity index (χ0) is 61.9. The summed E-state index contributed by atoms with van der Waals surface area (Å²) in [6.07, 6.45) is 91.2. The van der Waals surface area contributed by atoms with Crippen molar-refractivity contribution in [2.75, 3.05) is 47.5 Å². The van der Waals surface area contributed by atoms with Crippen LogP contribution >= 0.6 is 0 Å². The van der Waals surface area contributed by atoms with Gasteiger partial charge in [0.2, 0.25) is 0 Å². The number of likely N-dealkylation sites (N-methyl/N-ethyl adjacent to an activating group) is 1. The van der Waals surface area contributed by atoms with Crippen molar-refractivity contribution in [2.45, 2.75) is 283 Å². The molecule has 0 fully saturated rings. The highest BCUT2D eigenvalue weighted by atomic mass is 16.7. The summed E-state index contributed by atoms with van der Waals surface area (Å²) >= 11 is 0. The minimum absolute atomic E-state index is 0.180. The van der Waals surface area contributed by atoms with Crippen molar-refractivity contribution >= 4 is 17.9 Å². The molecular formula is C76H128NO8+. The van der Waals surface area contributed by atoms with Crippen LogP contribution in [0.1, 0.15) is 271 Å². The molecule has 0 amide bonds. The first-order valence-corrected chi connectivity index (χ1v) is 34.3. The first-order chi connectivity index (χ1) is 41.6. The number of aliphatic carboxylic acids is 1. The molecule has 0 rings (SSSR count). The fourth-order valence-electron chi connectivity index (χ4n) is 9.22. The number of carboxylic acids is 1. The minimum Gasteiger partial charge on any atom is -0.477 e. The molecule has 0 aromatic heterocycles. The third-order valence-corrected chi connectivity index (χ3v) is 14.4. The van der Waals surface area contributed by atoms with E-state index in [1.807, 2.05) is 21.1 Å². The van der Waals surface area contributed by atoms with E-state index in [2.05, 4.69) is 148 Å². The van der Waals surface area contributed by atoms with Gasteiger partial charge in [-0.2, -0.15) is 0 Å². The van der Waals surface area contributed by atoms with Crippen molar-refractivity contribution in [1.29, 1.82) is 0 Å². The van der Waals surface area contributed by atoms with E-state index in [4.69, 9.17) is 18.9 Å². The summed E-state index contributed by atoms with van der Waals surface area (Å²) in [4.78, 5) is 37.6. The van der Waals surface area contributed by atoms with Crippen LogP contribution in [0.4, 0.5) is 0 Å². The SMILES string of the molecule is CC/C=C\C/C=C\C/C=C\C/C=C\C/C=C\C/C=C\C/C=C\CCCCCCCCCC(=O)OC(COC(=O)CCCCCCCCCCCCCCCCCCCC/C=C\C/C=C\C/C=C\C/C=C\CC)COC(OCC[N+](C)(C)C)C(=O)O. The van der Waals surface area contributed by atoms with Crippen molar-refractivity contribution in [3.8, 4) is 0 Å². The van der Waals surface area contributed by atoms with Gasteiger partial charge in [-0.05, 0) is 109 Å². The Labute approximate surface area is 522 Å². The quantitative estimate of drug-likeness (QED) is 0.0211. The lowest BCUT2D eigenvalue weighted by atomic mass is 10.0. The van der Waals surface area contributed by atoms with Gasteiger partial charge < -0.3 is 28.5 Å². The number of hydrogen-bond acceptors (Lipinski definition) is 7. The Morgan fingerprint density at radius 2 is 0.635 bits per heavy atom. The largest absolute Gasteiger partial charge is 0.477 e. The molecule has 484 valence electrons.